The van der Waals surface area contributed by atoms with Crippen molar-refractivity contribution in [3.05, 3.63) is 11.6 Å². The predicted molar refractivity (Wildman–Crippen MR) is 121 cm³/mol. The number of rotatable bonds is 6. The SMILES string of the molecule is [2H]C1([2H])C[C@@H]2[C@H]3C(=O)C=C4C[C@@H](O)CC[C@@]4(C)[C@@H]3CC[C@@]2(C)[C@@H]1[C@H](C)C([2H])([2H])CCC(C)CO. The molecule has 0 aliphatic heterocycles. The van der Waals surface area contributed by atoms with Crippen LogP contribution in [0.25, 0.3) is 0 Å². The van der Waals surface area contributed by atoms with Gasteiger partial charge in [-0.25, -0.2) is 0 Å². The Hall–Kier alpha value is -0.670. The van der Waals surface area contributed by atoms with Crippen molar-refractivity contribution in [3.8, 4) is 0 Å². The van der Waals surface area contributed by atoms with Gasteiger partial charge in [0.2, 0.25) is 0 Å². The monoisotopic (exact) mass is 420 g/mol. The van der Waals surface area contributed by atoms with Gasteiger partial charge in [-0.15, -0.1) is 0 Å². The lowest BCUT2D eigenvalue weighted by Gasteiger charge is -2.57. The first kappa shape index (κ1) is 17.8. The van der Waals surface area contributed by atoms with Gasteiger partial charge >= 0.3 is 0 Å². The van der Waals surface area contributed by atoms with E-state index in [0.717, 1.165) is 31.3 Å². The van der Waals surface area contributed by atoms with Crippen LogP contribution < -0.4 is 0 Å². The Balaban J connectivity index is 1.66. The zero-order valence-electron chi connectivity index (χ0n) is 23.3. The molecule has 0 amide bonds. The van der Waals surface area contributed by atoms with Gasteiger partial charge in [-0.05, 0) is 97.8 Å². The number of carbonyl (C=O) groups excluding carboxylic acids is 1. The fourth-order valence-electron chi connectivity index (χ4n) is 7.51. The van der Waals surface area contributed by atoms with Crippen LogP contribution in [-0.4, -0.2) is 28.7 Å². The molecule has 0 aromatic rings. The molecule has 0 saturated heterocycles. The summed E-state index contributed by atoms with van der Waals surface area (Å²) in [4.78, 5) is 13.5. The van der Waals surface area contributed by atoms with Crippen molar-refractivity contribution in [2.75, 3.05) is 6.61 Å². The lowest BCUT2D eigenvalue weighted by molar-refractivity contribution is -0.135. The molecule has 170 valence electrons. The number of allylic oxidation sites excluding steroid dienone is 1. The quantitative estimate of drug-likeness (QED) is 0.593. The largest absolute Gasteiger partial charge is 0.396 e. The van der Waals surface area contributed by atoms with E-state index in [2.05, 4.69) is 13.8 Å². The Labute approximate surface area is 189 Å². The summed E-state index contributed by atoms with van der Waals surface area (Å²) in [6.45, 7) is 8.20. The van der Waals surface area contributed by atoms with Gasteiger partial charge in [0.1, 0.15) is 0 Å². The van der Waals surface area contributed by atoms with Crippen molar-refractivity contribution in [2.24, 2.45) is 46.3 Å². The van der Waals surface area contributed by atoms with Gasteiger partial charge in [0.25, 0.3) is 0 Å². The van der Waals surface area contributed by atoms with Gasteiger partial charge < -0.3 is 10.2 Å². The molecule has 0 bridgehead atoms. The molecule has 9 atom stereocenters. The fourth-order valence-corrected chi connectivity index (χ4v) is 7.51. The van der Waals surface area contributed by atoms with Crippen LogP contribution in [0.1, 0.15) is 97.3 Å². The summed E-state index contributed by atoms with van der Waals surface area (Å²) in [6, 6.07) is 0. The summed E-state index contributed by atoms with van der Waals surface area (Å²) in [5, 5.41) is 19.6. The summed E-state index contributed by atoms with van der Waals surface area (Å²) in [7, 11) is 0. The number of aliphatic hydroxyl groups is 2. The van der Waals surface area contributed by atoms with Gasteiger partial charge in [-0.2, -0.15) is 0 Å². The van der Waals surface area contributed by atoms with E-state index in [1.165, 1.54) is 0 Å². The lowest BCUT2D eigenvalue weighted by Crippen LogP contribution is -2.53. The molecule has 1 unspecified atom stereocenters. The summed E-state index contributed by atoms with van der Waals surface area (Å²) in [5.41, 5.74) is 0.553. The Morgan fingerprint density at radius 1 is 1.23 bits per heavy atom. The van der Waals surface area contributed by atoms with E-state index in [0.29, 0.717) is 25.7 Å². The molecule has 3 heteroatoms. The molecule has 0 radical (unpaired) electrons. The second-order valence-corrected chi connectivity index (χ2v) is 11.4. The van der Waals surface area contributed by atoms with Gasteiger partial charge in [0.05, 0.1) is 6.10 Å². The molecule has 3 fully saturated rings. The zero-order valence-corrected chi connectivity index (χ0v) is 19.3. The summed E-state index contributed by atoms with van der Waals surface area (Å²) in [5.74, 6) is -0.930. The van der Waals surface area contributed by atoms with E-state index in [1.54, 1.807) is 6.08 Å². The number of carbonyl (C=O) groups is 1. The van der Waals surface area contributed by atoms with E-state index in [4.69, 9.17) is 5.48 Å². The molecule has 0 aromatic heterocycles. The standard InChI is InChI=1S/C27H44O3/c1-17(16-28)6-5-7-18(2)21-8-9-22-25-23(11-13-27(21,22)4)26(3)12-10-20(29)14-19(26)15-24(25)30/h15,17-18,20-23,25,28-29H,5-14,16H2,1-4H3/t17?,18-,20+,21+,22-,23-,25-,26-,27+/m1/s1/i7D2,8D2. The first-order valence-electron chi connectivity index (χ1n) is 14.2. The third kappa shape index (κ3) is 3.62. The topological polar surface area (TPSA) is 57.5 Å². The molecule has 3 saturated carbocycles. The Bertz CT molecular complexity index is 842. The first-order valence-corrected chi connectivity index (χ1v) is 12.2. The fraction of sp³-hybridized carbons (Fsp3) is 0.889. The van der Waals surface area contributed by atoms with Gasteiger partial charge in [0, 0.05) is 18.0 Å². The molecule has 0 spiro atoms. The van der Waals surface area contributed by atoms with Crippen molar-refractivity contribution < 1.29 is 20.5 Å². The van der Waals surface area contributed by atoms with Crippen LogP contribution in [-0.2, 0) is 4.79 Å². The predicted octanol–water partition coefficient (Wildman–Crippen LogP) is 5.54. The highest BCUT2D eigenvalue weighted by atomic mass is 16.3. The highest BCUT2D eigenvalue weighted by Crippen LogP contribution is 2.66. The molecular formula is C27H44O3. The van der Waals surface area contributed by atoms with Gasteiger partial charge in [0.15, 0.2) is 5.78 Å². The molecule has 30 heavy (non-hydrogen) atoms. The normalized spacial score (nSPS) is 49.3. The van der Waals surface area contributed by atoms with Crippen molar-refractivity contribution in [2.45, 2.75) is 97.9 Å². The Morgan fingerprint density at radius 2 is 2.00 bits per heavy atom. The number of aliphatic hydroxyl groups excluding tert-OH is 2. The van der Waals surface area contributed by atoms with E-state index in [9.17, 15) is 15.0 Å². The molecule has 4 aliphatic rings. The molecule has 4 rings (SSSR count). The average molecular weight is 421 g/mol. The van der Waals surface area contributed by atoms with Crippen LogP contribution in [0.4, 0.5) is 0 Å². The van der Waals surface area contributed by atoms with Crippen LogP contribution in [0.2, 0.25) is 0 Å². The third-order valence-electron chi connectivity index (χ3n) is 9.54. The second-order valence-electron chi connectivity index (χ2n) is 11.4. The lowest BCUT2D eigenvalue weighted by atomic mass is 9.46. The van der Waals surface area contributed by atoms with Gasteiger partial charge in [-0.1, -0.05) is 46.1 Å². The minimum atomic E-state index is -1.54. The maximum Gasteiger partial charge on any atom is 0.159 e. The number of fused-ring (bicyclic) bond motifs is 5. The van der Waals surface area contributed by atoms with Crippen molar-refractivity contribution in [3.63, 3.8) is 0 Å². The van der Waals surface area contributed by atoms with E-state index in [-0.39, 0.29) is 47.6 Å². The van der Waals surface area contributed by atoms with E-state index >= 15 is 0 Å². The maximum atomic E-state index is 13.5. The second kappa shape index (κ2) is 8.35. The summed E-state index contributed by atoms with van der Waals surface area (Å²) < 4.78 is 35.8. The summed E-state index contributed by atoms with van der Waals surface area (Å²) in [6.07, 6.45) is 3.41. The highest BCUT2D eigenvalue weighted by molar-refractivity contribution is 5.94. The highest BCUT2D eigenvalue weighted by Gasteiger charge is 2.61. The van der Waals surface area contributed by atoms with E-state index < -0.39 is 30.0 Å². The van der Waals surface area contributed by atoms with Crippen molar-refractivity contribution in [1.82, 2.24) is 0 Å². The number of ketones is 1. The van der Waals surface area contributed by atoms with Crippen molar-refractivity contribution >= 4 is 5.78 Å². The minimum absolute atomic E-state index is 0.0250. The minimum Gasteiger partial charge on any atom is -0.396 e. The molecule has 0 heterocycles. The zero-order chi connectivity index (χ0) is 25.3. The third-order valence-corrected chi connectivity index (χ3v) is 9.54. The van der Waals surface area contributed by atoms with Crippen LogP contribution >= 0.6 is 0 Å². The smallest absolute Gasteiger partial charge is 0.159 e. The maximum absolute atomic E-state index is 13.5. The van der Waals surface area contributed by atoms with Crippen LogP contribution in [0, 0.1) is 46.3 Å². The van der Waals surface area contributed by atoms with Crippen molar-refractivity contribution in [1.29, 1.82) is 0 Å². The van der Waals surface area contributed by atoms with Gasteiger partial charge in [-0.3, -0.25) is 4.79 Å². The number of hydrogen-bond donors (Lipinski definition) is 2. The Kier molecular flexibility index (Phi) is 4.97. The van der Waals surface area contributed by atoms with Crippen LogP contribution in [0.15, 0.2) is 11.6 Å². The molecule has 3 nitrogen and oxygen atoms in total. The van der Waals surface area contributed by atoms with Crippen LogP contribution in [0.3, 0.4) is 0 Å². The molecule has 4 aliphatic carbocycles. The molecule has 0 aromatic carbocycles. The summed E-state index contributed by atoms with van der Waals surface area (Å²) >= 11 is 0. The Morgan fingerprint density at radius 3 is 2.73 bits per heavy atom. The number of hydrogen-bond acceptors (Lipinski definition) is 3. The molecular weight excluding hydrogens is 372 g/mol. The first-order chi connectivity index (χ1) is 15.7. The average Bonchev–Trinajstić information content (AvgIpc) is 2.97. The van der Waals surface area contributed by atoms with Crippen LogP contribution in [0.5, 0.6) is 0 Å². The molecule has 2 N–H and O–H groups in total. The van der Waals surface area contributed by atoms with E-state index in [1.807, 2.05) is 13.8 Å².